The lowest BCUT2D eigenvalue weighted by molar-refractivity contribution is 0.0109. The Morgan fingerprint density at radius 1 is 0.926 bits per heavy atom. The van der Waals surface area contributed by atoms with Crippen LogP contribution in [0.3, 0.4) is 0 Å². The van der Waals surface area contributed by atoms with Gasteiger partial charge in [0.05, 0.1) is 0 Å². The number of benzene rings is 2. The molecule has 0 radical (unpaired) electrons. The molecule has 0 unspecified atom stereocenters. The van der Waals surface area contributed by atoms with E-state index >= 15 is 0 Å². The Morgan fingerprint density at radius 3 is 2.52 bits per heavy atom. The Balaban J connectivity index is 1.67. The maximum Gasteiger partial charge on any atom is 0.256 e. The molecular weight excluding hydrogens is 338 g/mol. The number of rotatable bonds is 1. The van der Waals surface area contributed by atoms with Crippen LogP contribution in [0.1, 0.15) is 44.1 Å². The fourth-order valence-corrected chi connectivity index (χ4v) is 4.64. The molecule has 4 nitrogen and oxygen atoms in total. The smallest absolute Gasteiger partial charge is 0.256 e. The van der Waals surface area contributed by atoms with Gasteiger partial charge in [-0.05, 0) is 66.4 Å². The van der Waals surface area contributed by atoms with Crippen molar-refractivity contribution in [2.45, 2.75) is 50.5 Å². The van der Waals surface area contributed by atoms with E-state index in [1.165, 1.54) is 24.8 Å². The molecule has 1 saturated carbocycles. The number of hydrogen-bond acceptors (Lipinski definition) is 4. The first-order valence-electron chi connectivity index (χ1n) is 9.80. The fraction of sp³-hybridized carbons (Fsp3) is 0.348. The third kappa shape index (κ3) is 2.89. The van der Waals surface area contributed by atoms with Gasteiger partial charge in [0.15, 0.2) is 0 Å². The van der Waals surface area contributed by atoms with E-state index < -0.39 is 0 Å². The average molecular weight is 361 g/mol. The van der Waals surface area contributed by atoms with Crippen LogP contribution >= 0.6 is 0 Å². The van der Waals surface area contributed by atoms with Gasteiger partial charge in [0, 0.05) is 17.5 Å². The summed E-state index contributed by atoms with van der Waals surface area (Å²) in [6, 6.07) is 16.1. The monoisotopic (exact) mass is 361 g/mol. The summed E-state index contributed by atoms with van der Waals surface area (Å²) in [5.41, 5.74) is 4.20. The summed E-state index contributed by atoms with van der Waals surface area (Å²) in [5, 5.41) is 13.6. The molecule has 1 aliphatic carbocycles. The first-order valence-corrected chi connectivity index (χ1v) is 9.80. The number of ether oxygens (including phenoxy) is 1. The lowest BCUT2D eigenvalue weighted by Gasteiger charge is -2.41. The Bertz CT molecular complexity index is 1050. The van der Waals surface area contributed by atoms with Crippen molar-refractivity contribution in [1.29, 1.82) is 0 Å². The van der Waals surface area contributed by atoms with E-state index in [-0.39, 0.29) is 11.2 Å². The topological polar surface area (TPSA) is 55.0 Å². The van der Waals surface area contributed by atoms with E-state index in [0.29, 0.717) is 5.58 Å². The quantitative estimate of drug-likeness (QED) is 0.465. The van der Waals surface area contributed by atoms with E-state index in [1.54, 1.807) is 6.07 Å². The summed E-state index contributed by atoms with van der Waals surface area (Å²) in [6.07, 6.45) is 8.22. The van der Waals surface area contributed by atoms with Gasteiger partial charge in [0.1, 0.15) is 16.9 Å². The second-order valence-corrected chi connectivity index (χ2v) is 7.77. The molecule has 3 aromatic rings. The SMILES string of the molecule is O/N=c1/cc(-c2ccccc2)c2cc3c(cc2o1)OC1(CCCCC1)CC3. The molecule has 0 bridgehead atoms. The molecule has 27 heavy (non-hydrogen) atoms. The molecule has 1 N–H and O–H groups in total. The van der Waals surface area contributed by atoms with Gasteiger partial charge < -0.3 is 14.4 Å². The summed E-state index contributed by atoms with van der Waals surface area (Å²) in [4.78, 5) is 0. The zero-order chi connectivity index (χ0) is 18.3. The molecule has 2 heterocycles. The van der Waals surface area contributed by atoms with Gasteiger partial charge in [-0.15, -0.1) is 0 Å². The summed E-state index contributed by atoms with van der Waals surface area (Å²) < 4.78 is 12.4. The standard InChI is InChI=1S/C23H23NO3/c25-24-22-14-18(16-7-3-1-4-8-16)19-13-17-9-12-23(10-5-2-6-11-23)27-20(17)15-21(19)26-22/h1,3-4,7-8,13-15,25H,2,5-6,9-12H2/b24-22-. The molecule has 4 heteroatoms. The highest BCUT2D eigenvalue weighted by atomic mass is 16.5. The van der Waals surface area contributed by atoms with E-state index in [4.69, 9.17) is 9.15 Å². The molecule has 0 saturated heterocycles. The summed E-state index contributed by atoms with van der Waals surface area (Å²) in [5.74, 6) is 0.925. The highest BCUT2D eigenvalue weighted by Gasteiger charge is 2.37. The Labute approximate surface area is 158 Å². The number of hydrogen-bond donors (Lipinski definition) is 1. The van der Waals surface area contributed by atoms with Crippen LogP contribution in [-0.2, 0) is 6.42 Å². The third-order valence-corrected chi connectivity index (χ3v) is 6.06. The van der Waals surface area contributed by atoms with E-state index in [2.05, 4.69) is 23.4 Å². The van der Waals surface area contributed by atoms with Gasteiger partial charge in [0.25, 0.3) is 5.55 Å². The Hall–Kier alpha value is -2.75. The second-order valence-electron chi connectivity index (χ2n) is 7.77. The van der Waals surface area contributed by atoms with Crippen LogP contribution in [0.25, 0.3) is 22.1 Å². The number of aryl methyl sites for hydroxylation is 1. The maximum atomic E-state index is 9.31. The summed E-state index contributed by atoms with van der Waals surface area (Å²) >= 11 is 0. The predicted octanol–water partition coefficient (Wildman–Crippen LogP) is 5.42. The number of nitrogens with zero attached hydrogens (tertiary/aromatic N) is 1. The van der Waals surface area contributed by atoms with E-state index in [1.807, 2.05) is 24.3 Å². The van der Waals surface area contributed by atoms with Crippen molar-refractivity contribution in [1.82, 2.24) is 0 Å². The first kappa shape index (κ1) is 16.4. The van der Waals surface area contributed by atoms with Gasteiger partial charge in [-0.25, -0.2) is 0 Å². The molecular formula is C23H23NO3. The minimum atomic E-state index is 0.000149. The zero-order valence-electron chi connectivity index (χ0n) is 15.3. The number of fused-ring (bicyclic) bond motifs is 2. The van der Waals surface area contributed by atoms with Crippen molar-refractivity contribution >= 4 is 11.0 Å². The molecule has 138 valence electrons. The minimum absolute atomic E-state index is 0.000149. The second kappa shape index (κ2) is 6.45. The van der Waals surface area contributed by atoms with Crippen molar-refractivity contribution in [2.24, 2.45) is 5.16 Å². The van der Waals surface area contributed by atoms with Gasteiger partial charge in [0.2, 0.25) is 0 Å². The van der Waals surface area contributed by atoms with Crippen molar-refractivity contribution in [2.75, 3.05) is 0 Å². The van der Waals surface area contributed by atoms with Crippen LogP contribution in [0.15, 0.2) is 58.1 Å². The van der Waals surface area contributed by atoms with Crippen LogP contribution in [0.4, 0.5) is 0 Å². The van der Waals surface area contributed by atoms with Crippen molar-refractivity contribution in [3.63, 3.8) is 0 Å². The fourth-order valence-electron chi connectivity index (χ4n) is 4.64. The predicted molar refractivity (Wildman–Crippen MR) is 104 cm³/mol. The largest absolute Gasteiger partial charge is 0.487 e. The van der Waals surface area contributed by atoms with Crippen molar-refractivity contribution in [3.8, 4) is 16.9 Å². The van der Waals surface area contributed by atoms with E-state index in [9.17, 15) is 5.21 Å². The van der Waals surface area contributed by atoms with Crippen LogP contribution in [0, 0.1) is 0 Å². The van der Waals surface area contributed by atoms with E-state index in [0.717, 1.165) is 47.9 Å². The lowest BCUT2D eigenvalue weighted by atomic mass is 9.79. The summed E-state index contributed by atoms with van der Waals surface area (Å²) in [6.45, 7) is 0. The Morgan fingerprint density at radius 2 is 1.74 bits per heavy atom. The molecule has 0 amide bonds. The maximum absolute atomic E-state index is 9.31. The van der Waals surface area contributed by atoms with Crippen LogP contribution in [0.5, 0.6) is 5.75 Å². The molecule has 1 spiro atoms. The molecule has 2 aromatic carbocycles. The van der Waals surface area contributed by atoms with Gasteiger partial charge >= 0.3 is 0 Å². The molecule has 2 aliphatic rings. The van der Waals surface area contributed by atoms with Crippen molar-refractivity contribution in [3.05, 3.63) is 59.6 Å². The Kier molecular flexibility index (Phi) is 3.92. The minimum Gasteiger partial charge on any atom is -0.487 e. The highest BCUT2D eigenvalue weighted by Crippen LogP contribution is 2.43. The summed E-state index contributed by atoms with van der Waals surface area (Å²) in [7, 11) is 0. The molecule has 1 fully saturated rings. The van der Waals surface area contributed by atoms with Crippen molar-refractivity contribution < 1.29 is 14.4 Å². The van der Waals surface area contributed by atoms with Gasteiger partial charge in [-0.3, -0.25) is 0 Å². The first-order chi connectivity index (χ1) is 13.3. The molecule has 0 atom stereocenters. The highest BCUT2D eigenvalue weighted by molar-refractivity contribution is 5.94. The lowest BCUT2D eigenvalue weighted by Crippen LogP contribution is -2.41. The molecule has 1 aromatic heterocycles. The molecule has 5 rings (SSSR count). The van der Waals surface area contributed by atoms with Gasteiger partial charge in [-0.1, -0.05) is 36.8 Å². The van der Waals surface area contributed by atoms with Crippen LogP contribution < -0.4 is 10.3 Å². The van der Waals surface area contributed by atoms with Crippen LogP contribution in [-0.4, -0.2) is 10.8 Å². The average Bonchev–Trinajstić information content (AvgIpc) is 2.72. The molecule has 1 aliphatic heterocycles. The van der Waals surface area contributed by atoms with Gasteiger partial charge in [-0.2, -0.15) is 0 Å². The van der Waals surface area contributed by atoms with Crippen LogP contribution in [0.2, 0.25) is 0 Å². The normalized spacial score (nSPS) is 19.0. The zero-order valence-corrected chi connectivity index (χ0v) is 15.3. The third-order valence-electron chi connectivity index (χ3n) is 6.06.